The summed E-state index contributed by atoms with van der Waals surface area (Å²) in [5, 5.41) is 6.90. The number of rotatable bonds is 7. The van der Waals surface area contributed by atoms with Crippen LogP contribution >= 0.6 is 23.1 Å². The Hall–Kier alpha value is -0.720. The van der Waals surface area contributed by atoms with Crippen LogP contribution in [0.5, 0.6) is 0 Å². The number of nitrogens with zero attached hydrogens (tertiary/aromatic N) is 1. The molecular formula is C17H29N3OS2. The summed E-state index contributed by atoms with van der Waals surface area (Å²) < 4.78 is 5.78. The van der Waals surface area contributed by atoms with E-state index in [4.69, 9.17) is 9.73 Å². The third kappa shape index (κ3) is 5.69. The molecule has 2 heterocycles. The lowest BCUT2D eigenvalue weighted by molar-refractivity contribution is 0.0783. The lowest BCUT2D eigenvalue weighted by Gasteiger charge is -2.36. The fraction of sp³-hybridized carbons (Fsp3) is 0.706. The predicted octanol–water partition coefficient (Wildman–Crippen LogP) is 3.28. The summed E-state index contributed by atoms with van der Waals surface area (Å²) in [6.45, 7) is 8.60. The second-order valence-electron chi connectivity index (χ2n) is 5.77. The van der Waals surface area contributed by atoms with E-state index in [2.05, 4.69) is 42.9 Å². The van der Waals surface area contributed by atoms with Crippen molar-refractivity contribution in [2.75, 3.05) is 32.6 Å². The molecule has 6 heteroatoms. The summed E-state index contributed by atoms with van der Waals surface area (Å²) in [4.78, 5) is 7.50. The normalized spacial score (nSPS) is 18.0. The molecule has 0 amide bonds. The van der Waals surface area contributed by atoms with Crippen molar-refractivity contribution in [2.45, 2.75) is 44.4 Å². The van der Waals surface area contributed by atoms with E-state index in [1.165, 1.54) is 9.75 Å². The van der Waals surface area contributed by atoms with Crippen molar-refractivity contribution < 1.29 is 4.74 Å². The molecule has 0 aromatic carbocycles. The zero-order valence-electron chi connectivity index (χ0n) is 14.5. The van der Waals surface area contributed by atoms with E-state index in [9.17, 15) is 0 Å². The van der Waals surface area contributed by atoms with Crippen molar-refractivity contribution in [2.24, 2.45) is 4.99 Å². The number of ether oxygens (including phenoxy) is 1. The fourth-order valence-corrected chi connectivity index (χ4v) is 4.31. The van der Waals surface area contributed by atoms with Crippen LogP contribution in [0.15, 0.2) is 17.1 Å². The first-order valence-electron chi connectivity index (χ1n) is 8.44. The van der Waals surface area contributed by atoms with E-state index in [0.29, 0.717) is 0 Å². The van der Waals surface area contributed by atoms with Gasteiger partial charge >= 0.3 is 0 Å². The molecule has 1 fully saturated rings. The molecule has 0 unspecified atom stereocenters. The Balaban J connectivity index is 1.92. The highest BCUT2D eigenvalue weighted by atomic mass is 32.2. The Labute approximate surface area is 148 Å². The topological polar surface area (TPSA) is 45.7 Å². The third-order valence-corrected chi connectivity index (χ3v) is 6.85. The molecule has 1 saturated heterocycles. The van der Waals surface area contributed by atoms with Crippen molar-refractivity contribution in [1.29, 1.82) is 0 Å². The average molecular weight is 356 g/mol. The number of nitrogens with one attached hydrogen (secondary N) is 2. The first kappa shape index (κ1) is 18.6. The van der Waals surface area contributed by atoms with Gasteiger partial charge in [-0.15, -0.1) is 11.3 Å². The molecule has 0 spiro atoms. The van der Waals surface area contributed by atoms with Crippen LogP contribution in [-0.4, -0.2) is 43.3 Å². The summed E-state index contributed by atoms with van der Waals surface area (Å²) in [6.07, 6.45) is 5.51. The smallest absolute Gasteiger partial charge is 0.191 e. The number of aryl methyl sites for hydroxylation is 1. The molecule has 0 saturated carbocycles. The van der Waals surface area contributed by atoms with Crippen LogP contribution in [0.1, 0.15) is 36.4 Å². The Kier molecular flexibility index (Phi) is 7.73. The zero-order valence-corrected chi connectivity index (χ0v) is 16.1. The van der Waals surface area contributed by atoms with Gasteiger partial charge in [0.25, 0.3) is 0 Å². The summed E-state index contributed by atoms with van der Waals surface area (Å²) >= 11 is 3.81. The van der Waals surface area contributed by atoms with Gasteiger partial charge in [-0.3, -0.25) is 0 Å². The van der Waals surface area contributed by atoms with E-state index in [1.54, 1.807) is 0 Å². The number of thioether (sulfide) groups is 1. The molecule has 0 aliphatic carbocycles. The van der Waals surface area contributed by atoms with Gasteiger partial charge in [0, 0.05) is 40.8 Å². The summed E-state index contributed by atoms with van der Waals surface area (Å²) in [5.41, 5.74) is 0. The summed E-state index contributed by atoms with van der Waals surface area (Å²) in [6, 6.07) is 4.40. The highest BCUT2D eigenvalue weighted by Crippen LogP contribution is 2.32. The van der Waals surface area contributed by atoms with Gasteiger partial charge < -0.3 is 15.4 Å². The molecule has 1 aliphatic heterocycles. The van der Waals surface area contributed by atoms with Gasteiger partial charge in [0.05, 0.1) is 6.54 Å². The second kappa shape index (κ2) is 9.55. The van der Waals surface area contributed by atoms with Crippen LogP contribution in [0, 0.1) is 0 Å². The third-order valence-electron chi connectivity index (χ3n) is 4.22. The Morgan fingerprint density at radius 2 is 2.00 bits per heavy atom. The molecule has 1 aromatic heterocycles. The van der Waals surface area contributed by atoms with E-state index in [0.717, 1.165) is 58.1 Å². The van der Waals surface area contributed by atoms with Crippen molar-refractivity contribution in [3.8, 4) is 0 Å². The van der Waals surface area contributed by atoms with Crippen molar-refractivity contribution in [3.63, 3.8) is 0 Å². The minimum absolute atomic E-state index is 0.271. The van der Waals surface area contributed by atoms with E-state index >= 15 is 0 Å². The van der Waals surface area contributed by atoms with Gasteiger partial charge in [-0.25, -0.2) is 4.99 Å². The van der Waals surface area contributed by atoms with Crippen LogP contribution in [0.4, 0.5) is 0 Å². The Morgan fingerprint density at radius 3 is 2.61 bits per heavy atom. The minimum Gasteiger partial charge on any atom is -0.381 e. The minimum atomic E-state index is 0.271. The maximum absolute atomic E-state index is 5.51. The summed E-state index contributed by atoms with van der Waals surface area (Å²) in [5.74, 6) is 0.916. The van der Waals surface area contributed by atoms with Crippen molar-refractivity contribution in [3.05, 3.63) is 21.9 Å². The molecular weight excluding hydrogens is 326 g/mol. The van der Waals surface area contributed by atoms with Crippen LogP contribution < -0.4 is 10.6 Å². The monoisotopic (exact) mass is 355 g/mol. The SMILES string of the molecule is CCNC(=NCc1ccc(CC)s1)NCC1(SC)CCOCC1. The second-order valence-corrected chi connectivity index (χ2v) is 8.30. The van der Waals surface area contributed by atoms with E-state index < -0.39 is 0 Å². The molecule has 0 atom stereocenters. The average Bonchev–Trinajstić information content (AvgIpc) is 3.06. The highest BCUT2D eigenvalue weighted by molar-refractivity contribution is 8.00. The standard InChI is InChI=1S/C17H29N3OS2/c1-4-14-6-7-15(23-14)12-19-16(18-5-2)20-13-17(22-3)8-10-21-11-9-17/h6-7H,4-5,8-13H2,1-3H3,(H2,18,19,20). The molecule has 0 bridgehead atoms. The van der Waals surface area contributed by atoms with Gasteiger partial charge in [0.2, 0.25) is 0 Å². The van der Waals surface area contributed by atoms with Crippen LogP contribution in [0.25, 0.3) is 0 Å². The van der Waals surface area contributed by atoms with E-state index in [-0.39, 0.29) is 4.75 Å². The number of guanidine groups is 1. The predicted molar refractivity (Wildman–Crippen MR) is 103 cm³/mol. The van der Waals surface area contributed by atoms with Gasteiger partial charge in [0.1, 0.15) is 0 Å². The van der Waals surface area contributed by atoms with Gasteiger partial charge in [0.15, 0.2) is 5.96 Å². The first-order valence-corrected chi connectivity index (χ1v) is 10.5. The number of aliphatic imine (C=N–C) groups is 1. The van der Waals surface area contributed by atoms with Crippen LogP contribution in [-0.2, 0) is 17.7 Å². The number of thiophene rings is 1. The summed E-state index contributed by atoms with van der Waals surface area (Å²) in [7, 11) is 0. The van der Waals surface area contributed by atoms with Crippen LogP contribution in [0.3, 0.4) is 0 Å². The molecule has 4 nitrogen and oxygen atoms in total. The fourth-order valence-electron chi connectivity index (χ4n) is 2.64. The molecule has 2 rings (SSSR count). The number of hydrogen-bond acceptors (Lipinski definition) is 4. The molecule has 23 heavy (non-hydrogen) atoms. The van der Waals surface area contributed by atoms with Crippen molar-refractivity contribution >= 4 is 29.1 Å². The maximum atomic E-state index is 5.51. The lowest BCUT2D eigenvalue weighted by atomic mass is 9.99. The lowest BCUT2D eigenvalue weighted by Crippen LogP contribution is -2.47. The van der Waals surface area contributed by atoms with Gasteiger partial charge in [-0.1, -0.05) is 6.92 Å². The maximum Gasteiger partial charge on any atom is 0.191 e. The first-order chi connectivity index (χ1) is 11.2. The van der Waals surface area contributed by atoms with Crippen LogP contribution in [0.2, 0.25) is 0 Å². The molecule has 130 valence electrons. The molecule has 1 aliphatic rings. The van der Waals surface area contributed by atoms with Gasteiger partial charge in [-0.05, 0) is 44.6 Å². The quantitative estimate of drug-likeness (QED) is 0.582. The van der Waals surface area contributed by atoms with Gasteiger partial charge in [-0.2, -0.15) is 11.8 Å². The highest BCUT2D eigenvalue weighted by Gasteiger charge is 2.31. The zero-order chi connectivity index (χ0) is 16.5. The number of hydrogen-bond donors (Lipinski definition) is 2. The molecule has 2 N–H and O–H groups in total. The Morgan fingerprint density at radius 1 is 1.26 bits per heavy atom. The van der Waals surface area contributed by atoms with Crippen molar-refractivity contribution in [1.82, 2.24) is 10.6 Å². The molecule has 1 aromatic rings. The molecule has 0 radical (unpaired) electrons. The Bertz CT molecular complexity index is 496. The largest absolute Gasteiger partial charge is 0.381 e. The van der Waals surface area contributed by atoms with E-state index in [1.807, 2.05) is 23.1 Å².